The molecule has 0 aliphatic rings. The molecule has 0 N–H and O–H groups in total. The quantitative estimate of drug-likeness (QED) is 0.771. The molecule has 0 radical (unpaired) electrons. The SMILES string of the molecule is CCN(CC)c1cc(C(=O)N(Cc2ccccc2)C(C)C)nc(C)n1. The molecule has 1 amide bonds. The molecule has 2 aromatic rings. The Morgan fingerprint density at radius 1 is 1.08 bits per heavy atom. The molecule has 0 saturated heterocycles. The van der Waals surface area contributed by atoms with Gasteiger partial charge >= 0.3 is 0 Å². The molecule has 1 heterocycles. The molecular formula is C20H28N4O. The van der Waals surface area contributed by atoms with Gasteiger partial charge in [0, 0.05) is 31.7 Å². The predicted molar refractivity (Wildman–Crippen MR) is 102 cm³/mol. The van der Waals surface area contributed by atoms with Crippen LogP contribution in [0.5, 0.6) is 0 Å². The number of aryl methyl sites for hydroxylation is 1. The molecule has 0 unspecified atom stereocenters. The number of benzene rings is 1. The number of carbonyl (C=O) groups excluding carboxylic acids is 1. The predicted octanol–water partition coefficient (Wildman–Crippen LogP) is 3.68. The highest BCUT2D eigenvalue weighted by Gasteiger charge is 2.22. The summed E-state index contributed by atoms with van der Waals surface area (Å²) in [6.07, 6.45) is 0. The van der Waals surface area contributed by atoms with E-state index >= 15 is 0 Å². The van der Waals surface area contributed by atoms with Crippen molar-refractivity contribution < 1.29 is 4.79 Å². The molecule has 5 heteroatoms. The summed E-state index contributed by atoms with van der Waals surface area (Å²) >= 11 is 0. The second-order valence-electron chi connectivity index (χ2n) is 6.34. The average molecular weight is 340 g/mol. The Balaban J connectivity index is 2.32. The van der Waals surface area contributed by atoms with Crippen molar-refractivity contribution in [3.63, 3.8) is 0 Å². The zero-order chi connectivity index (χ0) is 18.4. The summed E-state index contributed by atoms with van der Waals surface area (Å²) in [7, 11) is 0. The minimum Gasteiger partial charge on any atom is -0.357 e. The fourth-order valence-electron chi connectivity index (χ4n) is 2.79. The number of nitrogens with zero attached hydrogens (tertiary/aromatic N) is 4. The molecule has 2 rings (SSSR count). The van der Waals surface area contributed by atoms with Gasteiger partial charge in [-0.15, -0.1) is 0 Å². The van der Waals surface area contributed by atoms with E-state index in [9.17, 15) is 4.79 Å². The number of carbonyl (C=O) groups is 1. The van der Waals surface area contributed by atoms with Crippen LogP contribution in [0.3, 0.4) is 0 Å². The monoisotopic (exact) mass is 340 g/mol. The minimum atomic E-state index is -0.0576. The highest BCUT2D eigenvalue weighted by atomic mass is 16.2. The first kappa shape index (κ1) is 18.9. The molecule has 0 bridgehead atoms. The van der Waals surface area contributed by atoms with Gasteiger partial charge in [-0.2, -0.15) is 0 Å². The molecule has 1 aromatic carbocycles. The number of anilines is 1. The lowest BCUT2D eigenvalue weighted by Crippen LogP contribution is -2.37. The van der Waals surface area contributed by atoms with Crippen LogP contribution in [-0.4, -0.2) is 39.9 Å². The largest absolute Gasteiger partial charge is 0.357 e. The summed E-state index contributed by atoms with van der Waals surface area (Å²) in [4.78, 5) is 26.0. The molecule has 0 aliphatic carbocycles. The molecule has 0 aliphatic heterocycles. The van der Waals surface area contributed by atoms with Crippen molar-refractivity contribution in [2.45, 2.75) is 47.2 Å². The molecule has 0 saturated carbocycles. The van der Waals surface area contributed by atoms with Crippen LogP contribution in [0.15, 0.2) is 36.4 Å². The number of amides is 1. The summed E-state index contributed by atoms with van der Waals surface area (Å²) in [6.45, 7) is 12.3. The third-order valence-electron chi connectivity index (χ3n) is 4.21. The van der Waals surface area contributed by atoms with Crippen LogP contribution in [0, 0.1) is 6.92 Å². The van der Waals surface area contributed by atoms with Crippen molar-refractivity contribution in [1.82, 2.24) is 14.9 Å². The standard InChI is InChI=1S/C20H28N4O/c1-6-23(7-2)19-13-18(21-16(5)22-19)20(25)24(15(3)4)14-17-11-9-8-10-12-17/h8-13,15H,6-7,14H2,1-5H3. The van der Waals surface area contributed by atoms with Gasteiger partial charge in [-0.25, -0.2) is 9.97 Å². The van der Waals surface area contributed by atoms with E-state index in [2.05, 4.69) is 28.7 Å². The molecule has 25 heavy (non-hydrogen) atoms. The molecule has 134 valence electrons. The van der Waals surface area contributed by atoms with Crippen LogP contribution in [0.4, 0.5) is 5.82 Å². The Labute approximate surface area is 150 Å². The summed E-state index contributed by atoms with van der Waals surface area (Å²) in [5.74, 6) is 1.37. The van der Waals surface area contributed by atoms with Crippen LogP contribution < -0.4 is 4.90 Å². The lowest BCUT2D eigenvalue weighted by atomic mass is 10.1. The maximum Gasteiger partial charge on any atom is 0.273 e. The van der Waals surface area contributed by atoms with E-state index in [4.69, 9.17) is 0 Å². The lowest BCUT2D eigenvalue weighted by Gasteiger charge is -2.27. The minimum absolute atomic E-state index is 0.0576. The van der Waals surface area contributed by atoms with Crippen molar-refractivity contribution >= 4 is 11.7 Å². The number of aromatic nitrogens is 2. The fraction of sp³-hybridized carbons (Fsp3) is 0.450. The van der Waals surface area contributed by atoms with Gasteiger partial charge in [0.25, 0.3) is 5.91 Å². The van der Waals surface area contributed by atoms with Gasteiger partial charge in [-0.05, 0) is 40.2 Å². The van der Waals surface area contributed by atoms with E-state index in [0.717, 1.165) is 24.5 Å². The normalized spacial score (nSPS) is 10.8. The van der Waals surface area contributed by atoms with Gasteiger partial charge in [0.1, 0.15) is 17.3 Å². The van der Waals surface area contributed by atoms with Crippen molar-refractivity contribution in [3.8, 4) is 0 Å². The summed E-state index contributed by atoms with van der Waals surface area (Å²) in [5, 5.41) is 0. The zero-order valence-corrected chi connectivity index (χ0v) is 15.9. The Kier molecular flexibility index (Phi) is 6.51. The van der Waals surface area contributed by atoms with E-state index < -0.39 is 0 Å². The van der Waals surface area contributed by atoms with Gasteiger partial charge in [0.15, 0.2) is 0 Å². The highest BCUT2D eigenvalue weighted by Crippen LogP contribution is 2.17. The van der Waals surface area contributed by atoms with Crippen LogP contribution in [0.2, 0.25) is 0 Å². The lowest BCUT2D eigenvalue weighted by molar-refractivity contribution is 0.0684. The van der Waals surface area contributed by atoms with Crippen molar-refractivity contribution in [2.75, 3.05) is 18.0 Å². The second-order valence-corrected chi connectivity index (χ2v) is 6.34. The van der Waals surface area contributed by atoms with Gasteiger partial charge in [-0.1, -0.05) is 30.3 Å². The average Bonchev–Trinajstić information content (AvgIpc) is 2.60. The number of hydrogen-bond donors (Lipinski definition) is 0. The highest BCUT2D eigenvalue weighted by molar-refractivity contribution is 5.93. The third kappa shape index (κ3) is 4.78. The maximum absolute atomic E-state index is 13.1. The maximum atomic E-state index is 13.1. The summed E-state index contributed by atoms with van der Waals surface area (Å²) in [5.41, 5.74) is 1.57. The zero-order valence-electron chi connectivity index (χ0n) is 15.9. The van der Waals surface area contributed by atoms with Crippen LogP contribution in [0.25, 0.3) is 0 Å². The Morgan fingerprint density at radius 2 is 1.72 bits per heavy atom. The summed E-state index contributed by atoms with van der Waals surface area (Å²) < 4.78 is 0. The van der Waals surface area contributed by atoms with Crippen molar-refractivity contribution in [2.24, 2.45) is 0 Å². The van der Waals surface area contributed by atoms with Gasteiger partial charge in [0.05, 0.1) is 0 Å². The van der Waals surface area contributed by atoms with Gasteiger partial charge in [0.2, 0.25) is 0 Å². The Hall–Kier alpha value is -2.43. The molecular weight excluding hydrogens is 312 g/mol. The number of rotatable bonds is 7. The Morgan fingerprint density at radius 3 is 2.28 bits per heavy atom. The molecule has 0 spiro atoms. The van der Waals surface area contributed by atoms with Crippen LogP contribution >= 0.6 is 0 Å². The summed E-state index contributed by atoms with van der Waals surface area (Å²) in [6, 6.07) is 11.9. The first-order valence-electron chi connectivity index (χ1n) is 8.91. The second kappa shape index (κ2) is 8.60. The van der Waals surface area contributed by atoms with Crippen LogP contribution in [-0.2, 0) is 6.54 Å². The molecule has 1 aromatic heterocycles. The third-order valence-corrected chi connectivity index (χ3v) is 4.21. The van der Waals surface area contributed by atoms with Crippen molar-refractivity contribution in [3.05, 3.63) is 53.5 Å². The van der Waals surface area contributed by atoms with E-state index in [1.807, 2.05) is 62.1 Å². The van der Waals surface area contributed by atoms with Gasteiger partial charge in [-0.3, -0.25) is 4.79 Å². The van der Waals surface area contributed by atoms with Crippen LogP contribution in [0.1, 0.15) is 49.6 Å². The van der Waals surface area contributed by atoms with Gasteiger partial charge < -0.3 is 9.80 Å². The van der Waals surface area contributed by atoms with E-state index in [1.54, 1.807) is 0 Å². The molecule has 0 atom stereocenters. The van der Waals surface area contributed by atoms with E-state index in [1.165, 1.54) is 0 Å². The number of hydrogen-bond acceptors (Lipinski definition) is 4. The Bertz CT molecular complexity index is 696. The molecule has 5 nitrogen and oxygen atoms in total. The fourth-order valence-corrected chi connectivity index (χ4v) is 2.79. The smallest absolute Gasteiger partial charge is 0.273 e. The topological polar surface area (TPSA) is 49.3 Å². The first-order chi connectivity index (χ1) is 12.0. The van der Waals surface area contributed by atoms with E-state index in [-0.39, 0.29) is 11.9 Å². The van der Waals surface area contributed by atoms with Crippen molar-refractivity contribution in [1.29, 1.82) is 0 Å². The van der Waals surface area contributed by atoms with E-state index in [0.29, 0.717) is 18.1 Å². The molecule has 0 fully saturated rings. The first-order valence-corrected chi connectivity index (χ1v) is 8.91.